The Morgan fingerprint density at radius 1 is 1.33 bits per heavy atom. The lowest BCUT2D eigenvalue weighted by atomic mass is 9.71. The molecule has 0 aromatic rings. The van der Waals surface area contributed by atoms with E-state index >= 15 is 0 Å². The maximum atomic E-state index is 3.52. The van der Waals surface area contributed by atoms with Gasteiger partial charge in [0.15, 0.2) is 0 Å². The van der Waals surface area contributed by atoms with Crippen LogP contribution < -0.4 is 5.32 Å². The molecule has 90 valence electrons. The first-order valence-corrected chi connectivity index (χ1v) is 6.41. The molecule has 0 aliphatic heterocycles. The van der Waals surface area contributed by atoms with Gasteiger partial charge in [-0.1, -0.05) is 13.8 Å². The first-order valence-electron chi connectivity index (χ1n) is 6.41. The maximum absolute atomic E-state index is 3.52. The van der Waals surface area contributed by atoms with Gasteiger partial charge in [-0.2, -0.15) is 0 Å². The molecule has 1 fully saturated rings. The molecule has 1 atom stereocenters. The first-order chi connectivity index (χ1) is 7.06. The van der Waals surface area contributed by atoms with Crippen molar-refractivity contribution in [2.24, 2.45) is 5.92 Å². The number of hydrogen-bond donors (Lipinski definition) is 1. The van der Waals surface area contributed by atoms with E-state index in [9.17, 15) is 0 Å². The number of nitrogens with zero attached hydrogens (tertiary/aromatic N) is 1. The summed E-state index contributed by atoms with van der Waals surface area (Å²) in [6.45, 7) is 4.68. The highest BCUT2D eigenvalue weighted by molar-refractivity contribution is 5.00. The molecular weight excluding hydrogens is 184 g/mol. The average Bonchev–Trinajstić information content (AvgIpc) is 2.22. The third-order valence-electron chi connectivity index (χ3n) is 4.44. The van der Waals surface area contributed by atoms with E-state index in [2.05, 4.69) is 45.2 Å². The van der Waals surface area contributed by atoms with Gasteiger partial charge in [0.2, 0.25) is 0 Å². The van der Waals surface area contributed by atoms with E-state index in [4.69, 9.17) is 0 Å². The highest BCUT2D eigenvalue weighted by Gasteiger charge is 2.41. The van der Waals surface area contributed by atoms with E-state index in [1.54, 1.807) is 0 Å². The van der Waals surface area contributed by atoms with Crippen LogP contribution in [-0.2, 0) is 0 Å². The predicted molar refractivity (Wildman–Crippen MR) is 67.2 cm³/mol. The van der Waals surface area contributed by atoms with Gasteiger partial charge in [-0.3, -0.25) is 0 Å². The third kappa shape index (κ3) is 2.54. The minimum Gasteiger partial charge on any atom is -0.315 e. The summed E-state index contributed by atoms with van der Waals surface area (Å²) in [7, 11) is 6.60. The molecule has 0 bridgehead atoms. The van der Waals surface area contributed by atoms with Gasteiger partial charge in [-0.25, -0.2) is 0 Å². The molecule has 0 aromatic heterocycles. The monoisotopic (exact) mass is 212 g/mol. The van der Waals surface area contributed by atoms with Gasteiger partial charge < -0.3 is 10.2 Å². The Hall–Kier alpha value is -0.0800. The number of nitrogens with one attached hydrogen (secondary N) is 1. The highest BCUT2D eigenvalue weighted by Crippen LogP contribution is 2.38. The molecule has 0 saturated heterocycles. The van der Waals surface area contributed by atoms with Crippen molar-refractivity contribution >= 4 is 0 Å². The summed E-state index contributed by atoms with van der Waals surface area (Å²) in [4.78, 5) is 2.46. The largest absolute Gasteiger partial charge is 0.315 e. The van der Waals surface area contributed by atoms with Gasteiger partial charge in [-0.15, -0.1) is 0 Å². The van der Waals surface area contributed by atoms with E-state index < -0.39 is 0 Å². The maximum Gasteiger partial charge on any atom is 0.0356 e. The predicted octanol–water partition coefficient (Wildman–Crippen LogP) is 2.49. The molecule has 15 heavy (non-hydrogen) atoms. The van der Waals surface area contributed by atoms with Gasteiger partial charge >= 0.3 is 0 Å². The molecule has 0 radical (unpaired) electrons. The van der Waals surface area contributed by atoms with E-state index in [1.807, 2.05) is 0 Å². The molecule has 1 rings (SSSR count). The lowest BCUT2D eigenvalue weighted by molar-refractivity contribution is 0.0447. The Bertz CT molecular complexity index is 177. The lowest BCUT2D eigenvalue weighted by Crippen LogP contribution is -2.59. The van der Waals surface area contributed by atoms with Crippen LogP contribution in [0.3, 0.4) is 0 Å². The first kappa shape index (κ1) is 13.0. The average molecular weight is 212 g/mol. The molecule has 0 amide bonds. The van der Waals surface area contributed by atoms with Crippen LogP contribution >= 0.6 is 0 Å². The topological polar surface area (TPSA) is 15.3 Å². The number of hydrogen-bond acceptors (Lipinski definition) is 2. The second kappa shape index (κ2) is 5.31. The van der Waals surface area contributed by atoms with Crippen molar-refractivity contribution < 1.29 is 0 Å². The Kier molecular flexibility index (Phi) is 4.60. The lowest BCUT2D eigenvalue weighted by Gasteiger charge is -2.49. The van der Waals surface area contributed by atoms with Crippen molar-refractivity contribution in [3.05, 3.63) is 0 Å². The molecular formula is C13H28N2. The van der Waals surface area contributed by atoms with E-state index in [0.29, 0.717) is 11.6 Å². The van der Waals surface area contributed by atoms with Crippen molar-refractivity contribution in [2.75, 3.05) is 21.1 Å². The van der Waals surface area contributed by atoms with Gasteiger partial charge in [0.1, 0.15) is 0 Å². The molecule has 2 nitrogen and oxygen atoms in total. The van der Waals surface area contributed by atoms with Crippen LogP contribution in [0.1, 0.15) is 46.0 Å². The quantitative estimate of drug-likeness (QED) is 0.770. The Morgan fingerprint density at radius 2 is 1.87 bits per heavy atom. The normalized spacial score (nSPS) is 34.4. The second-order valence-electron chi connectivity index (χ2n) is 5.43. The second-order valence-corrected chi connectivity index (χ2v) is 5.43. The van der Waals surface area contributed by atoms with Crippen LogP contribution in [-0.4, -0.2) is 37.6 Å². The van der Waals surface area contributed by atoms with E-state index in [0.717, 1.165) is 5.92 Å². The van der Waals surface area contributed by atoms with Crippen LogP contribution in [0.4, 0.5) is 0 Å². The van der Waals surface area contributed by atoms with E-state index in [1.165, 1.54) is 32.1 Å². The summed E-state index contributed by atoms with van der Waals surface area (Å²) in [5.74, 6) is 0.924. The van der Waals surface area contributed by atoms with Crippen LogP contribution in [0, 0.1) is 5.92 Å². The molecule has 0 aromatic carbocycles. The number of rotatable bonds is 4. The van der Waals surface area contributed by atoms with Gasteiger partial charge in [-0.05, 0) is 59.2 Å². The molecule has 1 N–H and O–H groups in total. The minimum atomic E-state index is 0.399. The van der Waals surface area contributed by atoms with Crippen molar-refractivity contribution in [1.29, 1.82) is 0 Å². The SMILES string of the molecule is CCC(NC)C1(N(C)C)CCC(C)CC1. The molecule has 1 unspecified atom stereocenters. The minimum absolute atomic E-state index is 0.399. The standard InChI is InChI=1S/C13H28N2/c1-6-12(14-3)13(15(4)5)9-7-11(2)8-10-13/h11-12,14H,6-10H2,1-5H3. The fourth-order valence-electron chi connectivity index (χ4n) is 3.22. The summed E-state index contributed by atoms with van der Waals surface area (Å²) >= 11 is 0. The summed E-state index contributed by atoms with van der Waals surface area (Å²) in [5.41, 5.74) is 0.399. The molecule has 2 heteroatoms. The molecule has 1 aliphatic rings. The zero-order valence-electron chi connectivity index (χ0n) is 11.1. The fraction of sp³-hybridized carbons (Fsp3) is 1.00. The zero-order valence-corrected chi connectivity index (χ0v) is 11.1. The van der Waals surface area contributed by atoms with Crippen molar-refractivity contribution in [2.45, 2.75) is 57.5 Å². The van der Waals surface area contributed by atoms with Gasteiger partial charge in [0.05, 0.1) is 0 Å². The Balaban J connectivity index is 2.79. The van der Waals surface area contributed by atoms with Crippen LogP contribution in [0.5, 0.6) is 0 Å². The smallest absolute Gasteiger partial charge is 0.0356 e. The summed E-state index contributed by atoms with van der Waals surface area (Å²) in [5, 5.41) is 3.52. The molecule has 0 heterocycles. The van der Waals surface area contributed by atoms with E-state index in [-0.39, 0.29) is 0 Å². The van der Waals surface area contributed by atoms with Crippen LogP contribution in [0.2, 0.25) is 0 Å². The van der Waals surface area contributed by atoms with Crippen LogP contribution in [0.25, 0.3) is 0 Å². The van der Waals surface area contributed by atoms with Crippen molar-refractivity contribution in [3.8, 4) is 0 Å². The summed E-state index contributed by atoms with van der Waals surface area (Å²) in [6.07, 6.45) is 6.69. The summed E-state index contributed by atoms with van der Waals surface area (Å²) in [6, 6.07) is 0.639. The van der Waals surface area contributed by atoms with Gasteiger partial charge in [0.25, 0.3) is 0 Å². The number of likely N-dealkylation sites (N-methyl/N-ethyl adjacent to an activating group) is 2. The Morgan fingerprint density at radius 3 is 2.20 bits per heavy atom. The summed E-state index contributed by atoms with van der Waals surface area (Å²) < 4.78 is 0. The molecule has 1 saturated carbocycles. The Labute approximate surface area is 95.4 Å². The fourth-order valence-corrected chi connectivity index (χ4v) is 3.22. The molecule has 0 spiro atoms. The van der Waals surface area contributed by atoms with Crippen molar-refractivity contribution in [1.82, 2.24) is 10.2 Å². The van der Waals surface area contributed by atoms with Crippen molar-refractivity contribution in [3.63, 3.8) is 0 Å². The molecule has 1 aliphatic carbocycles. The van der Waals surface area contributed by atoms with Gasteiger partial charge in [0, 0.05) is 11.6 Å². The third-order valence-corrected chi connectivity index (χ3v) is 4.44. The zero-order chi connectivity index (χ0) is 11.5. The van der Waals surface area contributed by atoms with Crippen LogP contribution in [0.15, 0.2) is 0 Å². The highest BCUT2D eigenvalue weighted by atomic mass is 15.2.